The summed E-state index contributed by atoms with van der Waals surface area (Å²) in [7, 11) is 0. The fourth-order valence-corrected chi connectivity index (χ4v) is 4.25. The molecule has 0 bridgehead atoms. The van der Waals surface area contributed by atoms with Crippen molar-refractivity contribution >= 4 is 11.8 Å². The number of amides is 1. The van der Waals surface area contributed by atoms with Gasteiger partial charge in [0.1, 0.15) is 17.2 Å². The molecule has 0 radical (unpaired) electrons. The first-order valence-electron chi connectivity index (χ1n) is 10.0. The average Bonchev–Trinajstić information content (AvgIpc) is 2.75. The van der Waals surface area contributed by atoms with Crippen molar-refractivity contribution in [3.05, 3.63) is 78.4 Å². The van der Waals surface area contributed by atoms with Crippen molar-refractivity contribution in [2.24, 2.45) is 5.92 Å². The zero-order valence-electron chi connectivity index (χ0n) is 16.4. The molecule has 1 unspecified atom stereocenters. The molecular formula is C24H23F2NO3. The molecule has 1 N–H and O–H groups in total. The van der Waals surface area contributed by atoms with E-state index in [1.807, 2.05) is 24.3 Å². The van der Waals surface area contributed by atoms with E-state index < -0.39 is 23.3 Å². The summed E-state index contributed by atoms with van der Waals surface area (Å²) < 4.78 is 33.4. The van der Waals surface area contributed by atoms with Crippen LogP contribution in [-0.2, 0) is 4.74 Å². The number of halogens is 2. The standard InChI is InChI=1S/C24H23F2NO3/c25-19-9-10-21(22(26)16-19)17-5-4-8-20(15-17)27-13-11-24(12-14-28,30-23(27)29)18-6-2-1-3-7-18/h1-6,8-10,15-16,18,28H,7,11-14H2/t18?,24-/m0/s1. The molecule has 2 aromatic carbocycles. The van der Waals surface area contributed by atoms with Crippen LogP contribution in [0, 0.1) is 17.6 Å². The van der Waals surface area contributed by atoms with Crippen molar-refractivity contribution in [2.45, 2.75) is 24.9 Å². The molecule has 1 saturated heterocycles. The van der Waals surface area contributed by atoms with Gasteiger partial charge in [-0.3, -0.25) is 4.90 Å². The van der Waals surface area contributed by atoms with Crippen LogP contribution < -0.4 is 4.90 Å². The molecule has 2 aliphatic rings. The maximum Gasteiger partial charge on any atom is 0.414 e. The molecule has 30 heavy (non-hydrogen) atoms. The van der Waals surface area contributed by atoms with Crippen molar-refractivity contribution in [1.29, 1.82) is 0 Å². The van der Waals surface area contributed by atoms with Gasteiger partial charge in [-0.25, -0.2) is 13.6 Å². The van der Waals surface area contributed by atoms with E-state index in [0.717, 1.165) is 12.5 Å². The first-order valence-corrected chi connectivity index (χ1v) is 10.0. The summed E-state index contributed by atoms with van der Waals surface area (Å²) in [5.41, 5.74) is 0.644. The molecule has 1 aliphatic carbocycles. The van der Waals surface area contributed by atoms with Gasteiger partial charge >= 0.3 is 6.09 Å². The number of carbonyl (C=O) groups excluding carboxylic acids is 1. The summed E-state index contributed by atoms with van der Waals surface area (Å²) in [6.45, 7) is 0.350. The van der Waals surface area contributed by atoms with E-state index in [1.165, 1.54) is 17.0 Å². The van der Waals surface area contributed by atoms with Gasteiger partial charge in [0.15, 0.2) is 0 Å². The Morgan fingerprint density at radius 3 is 2.73 bits per heavy atom. The van der Waals surface area contributed by atoms with Crippen LogP contribution in [0.5, 0.6) is 0 Å². The summed E-state index contributed by atoms with van der Waals surface area (Å²) in [5, 5.41) is 9.58. The third kappa shape index (κ3) is 3.87. The number of nitrogens with zero attached hydrogens (tertiary/aromatic N) is 1. The van der Waals surface area contributed by atoms with E-state index in [-0.39, 0.29) is 18.1 Å². The van der Waals surface area contributed by atoms with Crippen molar-refractivity contribution in [3.63, 3.8) is 0 Å². The minimum atomic E-state index is -0.746. The zero-order chi connectivity index (χ0) is 21.1. The van der Waals surface area contributed by atoms with Gasteiger partial charge in [-0.15, -0.1) is 0 Å². The highest BCUT2D eigenvalue weighted by molar-refractivity contribution is 5.89. The average molecular weight is 411 g/mol. The van der Waals surface area contributed by atoms with Crippen molar-refractivity contribution in [1.82, 2.24) is 0 Å². The van der Waals surface area contributed by atoms with E-state index in [2.05, 4.69) is 0 Å². The number of allylic oxidation sites excluding steroid dienone is 3. The molecule has 0 spiro atoms. The molecule has 6 heteroatoms. The zero-order valence-corrected chi connectivity index (χ0v) is 16.4. The molecular weight excluding hydrogens is 388 g/mol. The van der Waals surface area contributed by atoms with Gasteiger partial charge in [-0.2, -0.15) is 0 Å². The molecule has 156 valence electrons. The Labute approximate surface area is 174 Å². The molecule has 1 fully saturated rings. The minimum Gasteiger partial charge on any atom is -0.442 e. The van der Waals surface area contributed by atoms with Crippen LogP contribution in [0.15, 0.2) is 66.8 Å². The number of cyclic esters (lactones) is 1. The Morgan fingerprint density at radius 1 is 1.17 bits per heavy atom. The number of benzene rings is 2. The largest absolute Gasteiger partial charge is 0.442 e. The van der Waals surface area contributed by atoms with E-state index >= 15 is 0 Å². The number of hydrogen-bond acceptors (Lipinski definition) is 3. The smallest absolute Gasteiger partial charge is 0.414 e. The predicted octanol–water partition coefficient (Wildman–Crippen LogP) is 5.23. The SMILES string of the molecule is O=C1O[C@@](CCO)(C2C=CC=CC2)CCN1c1cccc(-c2ccc(F)cc2F)c1. The maximum absolute atomic E-state index is 14.2. The van der Waals surface area contributed by atoms with Gasteiger partial charge in [0.2, 0.25) is 0 Å². The molecule has 4 nitrogen and oxygen atoms in total. The summed E-state index contributed by atoms with van der Waals surface area (Å²) in [5.74, 6) is -1.29. The Morgan fingerprint density at radius 2 is 2.03 bits per heavy atom. The highest BCUT2D eigenvalue weighted by atomic mass is 19.1. The van der Waals surface area contributed by atoms with Crippen LogP contribution in [0.1, 0.15) is 19.3 Å². The Bertz CT molecular complexity index is 1000. The molecule has 1 heterocycles. The van der Waals surface area contributed by atoms with E-state index in [0.29, 0.717) is 30.6 Å². The van der Waals surface area contributed by atoms with Gasteiger partial charge < -0.3 is 9.84 Å². The van der Waals surface area contributed by atoms with Crippen LogP contribution >= 0.6 is 0 Å². The van der Waals surface area contributed by atoms with Gasteiger partial charge in [-0.1, -0.05) is 36.4 Å². The van der Waals surface area contributed by atoms with Crippen LogP contribution in [0.3, 0.4) is 0 Å². The van der Waals surface area contributed by atoms with E-state index in [9.17, 15) is 18.7 Å². The number of hydrogen-bond donors (Lipinski definition) is 1. The second-order valence-electron chi connectivity index (χ2n) is 7.64. The number of rotatable bonds is 5. The van der Waals surface area contributed by atoms with Crippen LogP contribution in [0.4, 0.5) is 19.3 Å². The van der Waals surface area contributed by atoms with Crippen molar-refractivity contribution in [2.75, 3.05) is 18.1 Å². The predicted molar refractivity (Wildman–Crippen MR) is 111 cm³/mol. The number of aliphatic hydroxyl groups excluding tert-OH is 1. The fourth-order valence-electron chi connectivity index (χ4n) is 4.25. The monoisotopic (exact) mass is 411 g/mol. The lowest BCUT2D eigenvalue weighted by molar-refractivity contribution is -0.0501. The Balaban J connectivity index is 1.58. The maximum atomic E-state index is 14.2. The first kappa shape index (κ1) is 20.3. The second-order valence-corrected chi connectivity index (χ2v) is 7.64. The normalized spacial score (nSPS) is 23.5. The summed E-state index contributed by atoms with van der Waals surface area (Å²) in [6.07, 6.45) is 9.15. The number of aliphatic hydroxyl groups is 1. The van der Waals surface area contributed by atoms with E-state index in [4.69, 9.17) is 4.74 Å². The lowest BCUT2D eigenvalue weighted by Crippen LogP contribution is -2.53. The lowest BCUT2D eigenvalue weighted by Gasteiger charge is -2.45. The number of anilines is 1. The minimum absolute atomic E-state index is 0.0143. The third-order valence-electron chi connectivity index (χ3n) is 5.86. The third-order valence-corrected chi connectivity index (χ3v) is 5.86. The number of carbonyl (C=O) groups is 1. The van der Waals surface area contributed by atoms with Gasteiger partial charge in [0, 0.05) is 49.2 Å². The molecule has 0 aromatic heterocycles. The van der Waals surface area contributed by atoms with Gasteiger partial charge in [0.25, 0.3) is 0 Å². The molecule has 4 rings (SSSR count). The second kappa shape index (κ2) is 8.40. The van der Waals surface area contributed by atoms with Crippen LogP contribution in [0.25, 0.3) is 11.1 Å². The highest BCUT2D eigenvalue weighted by Gasteiger charge is 2.45. The Hall–Kier alpha value is -2.99. The molecule has 1 aliphatic heterocycles. The molecule has 2 aromatic rings. The molecule has 2 atom stereocenters. The Kier molecular flexibility index (Phi) is 5.68. The molecule has 1 amide bonds. The summed E-state index contributed by atoms with van der Waals surface area (Å²) >= 11 is 0. The fraction of sp³-hybridized carbons (Fsp3) is 0.292. The topological polar surface area (TPSA) is 49.8 Å². The van der Waals surface area contributed by atoms with Crippen LogP contribution in [-0.4, -0.2) is 30.0 Å². The summed E-state index contributed by atoms with van der Waals surface area (Å²) in [4.78, 5) is 14.5. The van der Waals surface area contributed by atoms with Crippen LogP contribution in [0.2, 0.25) is 0 Å². The van der Waals surface area contributed by atoms with Crippen molar-refractivity contribution in [3.8, 4) is 11.1 Å². The van der Waals surface area contributed by atoms with Gasteiger partial charge in [0.05, 0.1) is 0 Å². The highest BCUT2D eigenvalue weighted by Crippen LogP contribution is 2.40. The van der Waals surface area contributed by atoms with Crippen molar-refractivity contribution < 1.29 is 23.4 Å². The summed E-state index contributed by atoms with van der Waals surface area (Å²) in [6, 6.07) is 10.3. The molecule has 0 saturated carbocycles. The van der Waals surface area contributed by atoms with E-state index in [1.54, 1.807) is 24.3 Å². The first-order chi connectivity index (χ1) is 14.5. The number of ether oxygens (including phenoxy) is 1. The van der Waals surface area contributed by atoms with Gasteiger partial charge in [-0.05, 0) is 36.2 Å². The quantitative estimate of drug-likeness (QED) is 0.733. The lowest BCUT2D eigenvalue weighted by atomic mass is 9.77.